The fraction of sp³-hybridized carbons (Fsp3) is 0.300. The maximum absolute atomic E-state index is 10.5. The van der Waals surface area contributed by atoms with Gasteiger partial charge in [-0.2, -0.15) is 0 Å². The first-order valence-electron chi connectivity index (χ1n) is 4.62. The van der Waals surface area contributed by atoms with Gasteiger partial charge in [0.1, 0.15) is 6.61 Å². The van der Waals surface area contributed by atoms with Crippen LogP contribution in [-0.4, -0.2) is 29.2 Å². The molecule has 0 unspecified atom stereocenters. The van der Waals surface area contributed by atoms with Crippen molar-refractivity contribution in [2.75, 3.05) is 13.2 Å². The quantitative estimate of drug-likeness (QED) is 0.447. The van der Waals surface area contributed by atoms with Crippen LogP contribution < -0.4 is 0 Å². The summed E-state index contributed by atoms with van der Waals surface area (Å²) in [6.07, 6.45) is 0.453. The lowest BCUT2D eigenvalue weighted by Crippen LogP contribution is -2.09. The Morgan fingerprint density at radius 3 is 2.88 bits per heavy atom. The van der Waals surface area contributed by atoms with Gasteiger partial charge in [-0.3, -0.25) is 10.1 Å². The predicted molar refractivity (Wildman–Crippen MR) is 55.3 cm³/mol. The molecule has 0 aliphatic carbocycles. The number of carboxylic acids is 1. The summed E-state index contributed by atoms with van der Waals surface area (Å²) < 4.78 is 4.83. The Labute approximate surface area is 91.6 Å². The number of nitro groups is 1. The minimum atomic E-state index is -1.03. The monoisotopic (exact) mass is 225 g/mol. The number of nitro benzene ring substituents is 1. The first-order valence-corrected chi connectivity index (χ1v) is 4.62. The number of ether oxygens (including phenoxy) is 1. The highest BCUT2D eigenvalue weighted by atomic mass is 16.6. The number of aliphatic carboxylic acids is 1. The molecule has 0 aliphatic heterocycles. The molecule has 6 heteroatoms. The molecule has 1 aromatic rings. The lowest BCUT2D eigenvalue weighted by Gasteiger charge is -2.01. The summed E-state index contributed by atoms with van der Waals surface area (Å²) in [6, 6.07) is 6.17. The number of rotatable bonds is 6. The van der Waals surface area contributed by atoms with E-state index in [1.807, 2.05) is 0 Å². The van der Waals surface area contributed by atoms with Crippen LogP contribution in [0.25, 0.3) is 0 Å². The Hall–Kier alpha value is -1.95. The molecule has 0 amide bonds. The second kappa shape index (κ2) is 5.82. The minimum Gasteiger partial charge on any atom is -0.480 e. The predicted octanol–water partition coefficient (Wildman–Crippen LogP) is 1.24. The van der Waals surface area contributed by atoms with Crippen molar-refractivity contribution in [1.82, 2.24) is 0 Å². The Morgan fingerprint density at radius 2 is 2.25 bits per heavy atom. The van der Waals surface area contributed by atoms with Crippen molar-refractivity contribution >= 4 is 11.7 Å². The van der Waals surface area contributed by atoms with Crippen LogP contribution in [-0.2, 0) is 16.0 Å². The van der Waals surface area contributed by atoms with Gasteiger partial charge in [-0.15, -0.1) is 0 Å². The molecular weight excluding hydrogens is 214 g/mol. The SMILES string of the molecule is O=C(O)COCCc1cccc([N+](=O)[O-])c1. The molecule has 1 N–H and O–H groups in total. The van der Waals surface area contributed by atoms with E-state index in [1.54, 1.807) is 12.1 Å². The molecule has 0 atom stereocenters. The molecule has 16 heavy (non-hydrogen) atoms. The lowest BCUT2D eigenvalue weighted by molar-refractivity contribution is -0.384. The zero-order chi connectivity index (χ0) is 12.0. The van der Waals surface area contributed by atoms with E-state index < -0.39 is 10.9 Å². The molecular formula is C10H11NO5. The molecule has 0 bridgehead atoms. The number of carboxylic acid groups (broad SMARTS) is 1. The van der Waals surface area contributed by atoms with Gasteiger partial charge < -0.3 is 9.84 Å². The summed E-state index contributed by atoms with van der Waals surface area (Å²) in [6.45, 7) is -0.123. The third-order valence-corrected chi connectivity index (χ3v) is 1.88. The summed E-state index contributed by atoms with van der Waals surface area (Å²) in [5, 5.41) is 18.8. The number of benzene rings is 1. The van der Waals surface area contributed by atoms with E-state index in [0.29, 0.717) is 6.42 Å². The van der Waals surface area contributed by atoms with E-state index >= 15 is 0 Å². The molecule has 1 rings (SSSR count). The van der Waals surface area contributed by atoms with Crippen molar-refractivity contribution < 1.29 is 19.6 Å². The lowest BCUT2D eigenvalue weighted by atomic mass is 10.1. The van der Waals surface area contributed by atoms with E-state index in [4.69, 9.17) is 9.84 Å². The molecule has 0 radical (unpaired) electrons. The highest BCUT2D eigenvalue weighted by Crippen LogP contribution is 2.13. The van der Waals surface area contributed by atoms with Gasteiger partial charge in [0.25, 0.3) is 5.69 Å². The first-order chi connectivity index (χ1) is 7.59. The third kappa shape index (κ3) is 4.05. The van der Waals surface area contributed by atoms with E-state index in [9.17, 15) is 14.9 Å². The van der Waals surface area contributed by atoms with Gasteiger partial charge in [-0.25, -0.2) is 4.79 Å². The number of non-ortho nitro benzene ring substituents is 1. The van der Waals surface area contributed by atoms with Gasteiger partial charge in [0, 0.05) is 12.1 Å². The van der Waals surface area contributed by atoms with Crippen LogP contribution in [0.4, 0.5) is 5.69 Å². The summed E-state index contributed by atoms with van der Waals surface area (Å²) in [7, 11) is 0. The van der Waals surface area contributed by atoms with Gasteiger partial charge in [0.2, 0.25) is 0 Å². The molecule has 0 spiro atoms. The van der Waals surface area contributed by atoms with Crippen LogP contribution in [0.1, 0.15) is 5.56 Å². The summed E-state index contributed by atoms with van der Waals surface area (Å²) in [5.41, 5.74) is 0.773. The van der Waals surface area contributed by atoms with Crippen LogP contribution in [0.15, 0.2) is 24.3 Å². The maximum atomic E-state index is 10.5. The van der Waals surface area contributed by atoms with Gasteiger partial charge in [0.15, 0.2) is 0 Å². The molecule has 0 saturated heterocycles. The number of hydrogen-bond donors (Lipinski definition) is 1. The van der Waals surface area contributed by atoms with Crippen LogP contribution in [0.3, 0.4) is 0 Å². The van der Waals surface area contributed by atoms with Crippen LogP contribution in [0, 0.1) is 10.1 Å². The van der Waals surface area contributed by atoms with Gasteiger partial charge in [0.05, 0.1) is 11.5 Å². The molecule has 0 saturated carbocycles. The van der Waals surface area contributed by atoms with Crippen LogP contribution in [0.2, 0.25) is 0 Å². The zero-order valence-electron chi connectivity index (χ0n) is 8.46. The molecule has 0 fully saturated rings. The highest BCUT2D eigenvalue weighted by Gasteiger charge is 2.05. The molecule has 6 nitrogen and oxygen atoms in total. The Morgan fingerprint density at radius 1 is 1.50 bits per heavy atom. The van der Waals surface area contributed by atoms with Crippen molar-refractivity contribution in [1.29, 1.82) is 0 Å². The number of nitrogens with zero attached hydrogens (tertiary/aromatic N) is 1. The van der Waals surface area contributed by atoms with Crippen molar-refractivity contribution in [3.63, 3.8) is 0 Å². The Kier molecular flexibility index (Phi) is 4.41. The van der Waals surface area contributed by atoms with Crippen molar-refractivity contribution in [2.24, 2.45) is 0 Å². The average molecular weight is 225 g/mol. The Balaban J connectivity index is 2.45. The standard InChI is InChI=1S/C10H11NO5/c12-10(13)7-16-5-4-8-2-1-3-9(6-8)11(14)15/h1-3,6H,4-5,7H2,(H,12,13). The maximum Gasteiger partial charge on any atom is 0.329 e. The molecule has 0 aromatic heterocycles. The molecule has 0 aliphatic rings. The zero-order valence-corrected chi connectivity index (χ0v) is 8.46. The topological polar surface area (TPSA) is 89.7 Å². The summed E-state index contributed by atoms with van der Waals surface area (Å²) >= 11 is 0. The molecule has 1 aromatic carbocycles. The molecule has 0 heterocycles. The first kappa shape index (κ1) is 12.1. The van der Waals surface area contributed by atoms with Crippen LogP contribution in [0.5, 0.6) is 0 Å². The van der Waals surface area contributed by atoms with Gasteiger partial charge >= 0.3 is 5.97 Å². The van der Waals surface area contributed by atoms with Crippen molar-refractivity contribution in [3.05, 3.63) is 39.9 Å². The van der Waals surface area contributed by atoms with Crippen LogP contribution >= 0.6 is 0 Å². The fourth-order valence-electron chi connectivity index (χ4n) is 1.18. The number of hydrogen-bond acceptors (Lipinski definition) is 4. The van der Waals surface area contributed by atoms with E-state index in [1.165, 1.54) is 12.1 Å². The molecule has 86 valence electrons. The largest absolute Gasteiger partial charge is 0.480 e. The summed E-state index contributed by atoms with van der Waals surface area (Å²) in [4.78, 5) is 20.1. The van der Waals surface area contributed by atoms with Gasteiger partial charge in [-0.05, 0) is 12.0 Å². The third-order valence-electron chi connectivity index (χ3n) is 1.88. The fourth-order valence-corrected chi connectivity index (χ4v) is 1.18. The van der Waals surface area contributed by atoms with E-state index in [2.05, 4.69) is 0 Å². The van der Waals surface area contributed by atoms with Gasteiger partial charge in [-0.1, -0.05) is 12.1 Å². The average Bonchev–Trinajstić information content (AvgIpc) is 2.24. The number of carbonyl (C=O) groups is 1. The summed E-state index contributed by atoms with van der Waals surface area (Å²) in [5.74, 6) is -1.03. The second-order valence-electron chi connectivity index (χ2n) is 3.12. The Bertz CT molecular complexity index is 391. The normalized spacial score (nSPS) is 10.0. The van der Waals surface area contributed by atoms with Crippen molar-refractivity contribution in [2.45, 2.75) is 6.42 Å². The van der Waals surface area contributed by atoms with E-state index in [-0.39, 0.29) is 18.9 Å². The second-order valence-corrected chi connectivity index (χ2v) is 3.12. The smallest absolute Gasteiger partial charge is 0.329 e. The highest BCUT2D eigenvalue weighted by molar-refractivity contribution is 5.67. The van der Waals surface area contributed by atoms with E-state index in [0.717, 1.165) is 5.56 Å². The minimum absolute atomic E-state index is 0.0238. The van der Waals surface area contributed by atoms with Crippen molar-refractivity contribution in [3.8, 4) is 0 Å².